The molecule has 29 heavy (non-hydrogen) atoms. The van der Waals surface area contributed by atoms with E-state index >= 15 is 0 Å². The lowest BCUT2D eigenvalue weighted by Gasteiger charge is -2.17. The van der Waals surface area contributed by atoms with Gasteiger partial charge in [-0.3, -0.25) is 4.79 Å². The van der Waals surface area contributed by atoms with Gasteiger partial charge >= 0.3 is 0 Å². The Labute approximate surface area is 177 Å². The summed E-state index contributed by atoms with van der Waals surface area (Å²) < 4.78 is 26.7. The van der Waals surface area contributed by atoms with Crippen LogP contribution in [-0.2, 0) is 14.8 Å². The van der Waals surface area contributed by atoms with Gasteiger partial charge in [0.2, 0.25) is 15.9 Å². The van der Waals surface area contributed by atoms with Crippen molar-refractivity contribution < 1.29 is 13.2 Å². The molecule has 1 aliphatic heterocycles. The van der Waals surface area contributed by atoms with Crippen LogP contribution < -0.4 is 5.32 Å². The third-order valence-corrected chi connectivity index (χ3v) is 7.94. The van der Waals surface area contributed by atoms with Gasteiger partial charge in [0.15, 0.2) is 0 Å². The molecule has 6 nitrogen and oxygen atoms in total. The van der Waals surface area contributed by atoms with Crippen LogP contribution in [0.2, 0.25) is 0 Å². The molecule has 1 saturated heterocycles. The zero-order valence-electron chi connectivity index (χ0n) is 17.2. The van der Waals surface area contributed by atoms with Crippen molar-refractivity contribution in [2.45, 2.75) is 55.7 Å². The molecule has 3 rings (SSSR count). The number of amides is 1. The van der Waals surface area contributed by atoms with Gasteiger partial charge in [0.1, 0.15) is 4.90 Å². The first-order chi connectivity index (χ1) is 13.7. The van der Waals surface area contributed by atoms with Gasteiger partial charge in [0.25, 0.3) is 0 Å². The quantitative estimate of drug-likeness (QED) is 0.699. The smallest absolute Gasteiger partial charge is 0.244 e. The molecule has 0 spiro atoms. The number of benzene rings is 1. The number of rotatable bonds is 6. The summed E-state index contributed by atoms with van der Waals surface area (Å²) in [6.07, 6.45) is 3.18. The lowest BCUT2D eigenvalue weighted by Crippen LogP contribution is -2.28. The van der Waals surface area contributed by atoms with Crippen molar-refractivity contribution in [1.82, 2.24) is 9.29 Å². The average Bonchev–Trinajstić information content (AvgIpc) is 3.20. The molecule has 1 aromatic heterocycles. The summed E-state index contributed by atoms with van der Waals surface area (Å²) in [5.41, 5.74) is 4.06. The summed E-state index contributed by atoms with van der Waals surface area (Å²) in [4.78, 5) is 17.1. The van der Waals surface area contributed by atoms with E-state index in [1.807, 2.05) is 39.8 Å². The molecule has 1 unspecified atom stereocenters. The fraction of sp³-hybridized carbons (Fsp3) is 0.429. The molecule has 1 fully saturated rings. The van der Waals surface area contributed by atoms with E-state index in [-0.39, 0.29) is 16.1 Å². The molecule has 1 amide bonds. The number of aromatic nitrogens is 1. The van der Waals surface area contributed by atoms with E-state index < -0.39 is 10.0 Å². The van der Waals surface area contributed by atoms with Gasteiger partial charge in [-0.05, 0) is 63.8 Å². The van der Waals surface area contributed by atoms with E-state index in [2.05, 4.69) is 10.3 Å². The predicted molar refractivity (Wildman–Crippen MR) is 117 cm³/mol. The second-order valence-electron chi connectivity index (χ2n) is 7.47. The van der Waals surface area contributed by atoms with E-state index in [1.54, 1.807) is 12.1 Å². The first-order valence-electron chi connectivity index (χ1n) is 9.70. The molecule has 2 heterocycles. The summed E-state index contributed by atoms with van der Waals surface area (Å²) in [6.45, 7) is 8.93. The van der Waals surface area contributed by atoms with Gasteiger partial charge in [0.05, 0.1) is 10.3 Å². The number of nitrogens with zero attached hydrogens (tertiary/aromatic N) is 2. The monoisotopic (exact) mass is 433 g/mol. The lowest BCUT2D eigenvalue weighted by molar-refractivity contribution is -0.115. The van der Waals surface area contributed by atoms with E-state index in [9.17, 15) is 13.2 Å². The fourth-order valence-corrected chi connectivity index (χ4v) is 5.75. The minimum absolute atomic E-state index is 0.111. The number of hydrogen-bond acceptors (Lipinski definition) is 5. The Balaban J connectivity index is 1.66. The number of hydrogen-bond donors (Lipinski definition) is 1. The molecule has 1 N–H and O–H groups in total. The Bertz CT molecular complexity index is 975. The molecule has 0 aliphatic carbocycles. The number of pyridine rings is 1. The summed E-state index contributed by atoms with van der Waals surface area (Å²) in [5, 5.41) is 3.25. The number of thioether (sulfide) groups is 1. The summed E-state index contributed by atoms with van der Waals surface area (Å²) >= 11 is 1.31. The van der Waals surface area contributed by atoms with Gasteiger partial charge < -0.3 is 5.32 Å². The average molecular weight is 434 g/mol. The maximum atomic E-state index is 12.6. The van der Waals surface area contributed by atoms with Gasteiger partial charge in [-0.15, -0.1) is 0 Å². The van der Waals surface area contributed by atoms with Gasteiger partial charge in [-0.1, -0.05) is 29.5 Å². The van der Waals surface area contributed by atoms with Crippen LogP contribution in [0, 0.1) is 20.8 Å². The zero-order valence-corrected chi connectivity index (χ0v) is 18.9. The van der Waals surface area contributed by atoms with Crippen molar-refractivity contribution in [3.8, 4) is 0 Å². The molecule has 1 aliphatic rings. The second-order valence-corrected chi connectivity index (χ2v) is 10.8. The van der Waals surface area contributed by atoms with Crippen molar-refractivity contribution >= 4 is 33.4 Å². The number of anilines is 1. The lowest BCUT2D eigenvalue weighted by atomic mass is 10.1. The van der Waals surface area contributed by atoms with E-state index in [1.165, 1.54) is 22.3 Å². The molecule has 0 radical (unpaired) electrons. The van der Waals surface area contributed by atoms with Crippen LogP contribution in [0.3, 0.4) is 0 Å². The van der Waals surface area contributed by atoms with E-state index in [4.69, 9.17) is 0 Å². The van der Waals surface area contributed by atoms with Crippen molar-refractivity contribution in [1.29, 1.82) is 0 Å². The van der Waals surface area contributed by atoms with Crippen molar-refractivity contribution in [3.63, 3.8) is 0 Å². The van der Waals surface area contributed by atoms with Crippen LogP contribution in [0.4, 0.5) is 5.69 Å². The van der Waals surface area contributed by atoms with Crippen LogP contribution in [0.15, 0.2) is 40.4 Å². The van der Waals surface area contributed by atoms with Crippen molar-refractivity contribution in [2.24, 2.45) is 0 Å². The van der Waals surface area contributed by atoms with Crippen LogP contribution >= 0.6 is 11.8 Å². The highest BCUT2D eigenvalue weighted by molar-refractivity contribution is 8.00. The third-order valence-electron chi connectivity index (χ3n) is 5.00. The molecular weight excluding hydrogens is 406 g/mol. The van der Waals surface area contributed by atoms with Crippen LogP contribution in [0.5, 0.6) is 0 Å². The Morgan fingerprint density at radius 3 is 2.31 bits per heavy atom. The van der Waals surface area contributed by atoms with Crippen LogP contribution in [-0.4, -0.2) is 42.0 Å². The summed E-state index contributed by atoms with van der Waals surface area (Å²) in [6, 6.07) is 7.32. The Morgan fingerprint density at radius 2 is 1.76 bits per heavy atom. The Morgan fingerprint density at radius 1 is 1.14 bits per heavy atom. The van der Waals surface area contributed by atoms with Crippen LogP contribution in [0.1, 0.15) is 36.5 Å². The first kappa shape index (κ1) is 21.8. The largest absolute Gasteiger partial charge is 0.325 e. The molecule has 1 aromatic carbocycles. The highest BCUT2D eigenvalue weighted by Gasteiger charge is 2.27. The molecule has 2 aromatic rings. The van der Waals surface area contributed by atoms with Crippen molar-refractivity contribution in [3.05, 3.63) is 47.2 Å². The molecule has 0 bridgehead atoms. The second kappa shape index (κ2) is 8.85. The van der Waals surface area contributed by atoms with Crippen LogP contribution in [0.25, 0.3) is 0 Å². The van der Waals surface area contributed by atoms with E-state index in [0.717, 1.165) is 35.2 Å². The number of aryl methyl sites for hydroxylation is 3. The molecular formula is C21H27N3O3S2. The number of carbonyl (C=O) groups excluding carboxylic acids is 1. The van der Waals surface area contributed by atoms with E-state index in [0.29, 0.717) is 18.1 Å². The summed E-state index contributed by atoms with van der Waals surface area (Å²) in [5.74, 6) is -0.111. The Hall–Kier alpha value is -1.90. The van der Waals surface area contributed by atoms with Gasteiger partial charge in [-0.25, -0.2) is 13.4 Å². The third kappa shape index (κ3) is 4.99. The molecule has 8 heteroatoms. The first-order valence-corrected chi connectivity index (χ1v) is 12.0. The minimum Gasteiger partial charge on any atom is -0.325 e. The zero-order chi connectivity index (χ0) is 21.2. The molecule has 0 saturated carbocycles. The number of sulfonamides is 1. The summed E-state index contributed by atoms with van der Waals surface area (Å²) in [7, 11) is -3.47. The fourth-order valence-electron chi connectivity index (χ4n) is 3.50. The minimum atomic E-state index is -3.47. The standard InChI is InChI=1S/C21H27N3O3S2/c1-14-11-15(2)20(16(3)12-14)23-21(25)17(4)28-19-8-7-18(13-22-19)29(26,27)24-9-5-6-10-24/h7-8,11-13,17H,5-6,9-10H2,1-4H3,(H,23,25). The highest BCUT2D eigenvalue weighted by Crippen LogP contribution is 2.27. The highest BCUT2D eigenvalue weighted by atomic mass is 32.2. The molecule has 156 valence electrons. The topological polar surface area (TPSA) is 79.4 Å². The number of carbonyl (C=O) groups is 1. The number of nitrogens with one attached hydrogen (secondary N) is 1. The SMILES string of the molecule is Cc1cc(C)c(NC(=O)C(C)Sc2ccc(S(=O)(=O)N3CCCC3)cn2)c(C)c1. The predicted octanol–water partition coefficient (Wildman–Crippen LogP) is 3.91. The van der Waals surface area contributed by atoms with Gasteiger partial charge in [0, 0.05) is 25.0 Å². The molecule has 1 atom stereocenters. The van der Waals surface area contributed by atoms with Gasteiger partial charge in [-0.2, -0.15) is 4.31 Å². The normalized spacial score (nSPS) is 16.0. The Kier molecular flexibility index (Phi) is 6.65. The van der Waals surface area contributed by atoms with Crippen molar-refractivity contribution in [2.75, 3.05) is 18.4 Å². The maximum Gasteiger partial charge on any atom is 0.244 e. The maximum absolute atomic E-state index is 12.6.